The molecule has 2 aromatic rings. The van der Waals surface area contributed by atoms with E-state index < -0.39 is 0 Å². The molecule has 0 bridgehead atoms. The van der Waals surface area contributed by atoms with Crippen LogP contribution >= 0.6 is 0 Å². The first-order chi connectivity index (χ1) is 10.3. The van der Waals surface area contributed by atoms with Crippen molar-refractivity contribution in [3.05, 3.63) is 48.1 Å². The molecule has 5 heteroatoms. The van der Waals surface area contributed by atoms with Gasteiger partial charge in [-0.1, -0.05) is 6.08 Å². The Labute approximate surface area is 122 Å². The molecule has 3 rings (SSSR count). The first-order valence-electron chi connectivity index (χ1n) is 7.09. The van der Waals surface area contributed by atoms with Crippen molar-refractivity contribution in [2.24, 2.45) is 0 Å². The van der Waals surface area contributed by atoms with Crippen molar-refractivity contribution in [2.75, 3.05) is 19.0 Å². The number of anilines is 1. The number of fused-ring (bicyclic) bond motifs is 1. The van der Waals surface area contributed by atoms with Crippen molar-refractivity contribution in [1.82, 2.24) is 9.38 Å². The second kappa shape index (κ2) is 5.99. The lowest BCUT2D eigenvalue weighted by Gasteiger charge is -2.14. The lowest BCUT2D eigenvalue weighted by Crippen LogP contribution is -2.00. The van der Waals surface area contributed by atoms with Gasteiger partial charge in [-0.2, -0.15) is 0 Å². The number of ether oxygens (including phenoxy) is 1. The van der Waals surface area contributed by atoms with Gasteiger partial charge in [0.05, 0.1) is 24.7 Å². The van der Waals surface area contributed by atoms with Crippen LogP contribution in [0.2, 0.25) is 0 Å². The molecule has 2 N–H and O–H groups in total. The van der Waals surface area contributed by atoms with E-state index in [4.69, 9.17) is 10.5 Å². The average molecular weight is 287 g/mol. The van der Waals surface area contributed by atoms with Crippen molar-refractivity contribution in [3.63, 3.8) is 0 Å². The molecule has 0 aliphatic heterocycles. The molecule has 0 saturated carbocycles. The number of nitrogens with two attached hydrogens (primary N) is 1. The van der Waals surface area contributed by atoms with Gasteiger partial charge in [-0.3, -0.25) is 4.39 Å². The van der Waals surface area contributed by atoms with Crippen LogP contribution in [0.4, 0.5) is 10.1 Å². The third-order valence-electron chi connectivity index (χ3n) is 3.49. The summed E-state index contributed by atoms with van der Waals surface area (Å²) < 4.78 is 19.5. The van der Waals surface area contributed by atoms with Crippen LogP contribution in [-0.4, -0.2) is 22.7 Å². The highest BCUT2D eigenvalue weighted by Gasteiger charge is 2.12. The molecule has 0 radical (unpaired) electrons. The van der Waals surface area contributed by atoms with Crippen molar-refractivity contribution >= 4 is 16.9 Å². The number of nitrogen functional groups attached to an aromatic ring is 1. The number of aromatic nitrogens is 2. The summed E-state index contributed by atoms with van der Waals surface area (Å²) in [6, 6.07) is 3.71. The smallest absolute Gasteiger partial charge is 0.139 e. The number of hydrogen-bond acceptors (Lipinski definition) is 3. The fourth-order valence-electron chi connectivity index (χ4n) is 2.36. The molecule has 0 unspecified atom stereocenters. The molecule has 4 nitrogen and oxygen atoms in total. The van der Waals surface area contributed by atoms with Gasteiger partial charge in [0.1, 0.15) is 5.65 Å². The lowest BCUT2D eigenvalue weighted by atomic mass is 10.0. The minimum absolute atomic E-state index is 0.335. The highest BCUT2D eigenvalue weighted by atomic mass is 19.1. The van der Waals surface area contributed by atoms with Gasteiger partial charge in [0.15, 0.2) is 0 Å². The monoisotopic (exact) mass is 287 g/mol. The van der Waals surface area contributed by atoms with E-state index in [-0.39, 0.29) is 6.67 Å². The molecule has 2 heterocycles. The molecule has 0 fully saturated rings. The maximum absolute atomic E-state index is 12.0. The van der Waals surface area contributed by atoms with Gasteiger partial charge in [-0.05, 0) is 24.1 Å². The number of hydrogen-bond donors (Lipinski definition) is 1. The Bertz CT molecular complexity index is 703. The molecule has 2 aromatic heterocycles. The first kappa shape index (κ1) is 13.7. The van der Waals surface area contributed by atoms with E-state index in [9.17, 15) is 4.39 Å². The van der Waals surface area contributed by atoms with Crippen LogP contribution in [0, 0.1) is 0 Å². The summed E-state index contributed by atoms with van der Waals surface area (Å²) in [7, 11) is 0. The minimum atomic E-state index is -0.335. The number of pyridine rings is 1. The topological polar surface area (TPSA) is 52.5 Å². The summed E-state index contributed by atoms with van der Waals surface area (Å²) in [5.41, 5.74) is 9.46. The van der Waals surface area contributed by atoms with Gasteiger partial charge in [0, 0.05) is 37.0 Å². The Morgan fingerprint density at radius 3 is 3.00 bits per heavy atom. The molecule has 110 valence electrons. The first-order valence-corrected chi connectivity index (χ1v) is 7.09. The zero-order valence-corrected chi connectivity index (χ0v) is 11.8. The largest absolute Gasteiger partial charge is 0.498 e. The summed E-state index contributed by atoms with van der Waals surface area (Å²) in [5, 5.41) is 0. The Hall–Kier alpha value is -2.30. The quantitative estimate of drug-likeness (QED) is 0.858. The Morgan fingerprint density at radius 1 is 1.33 bits per heavy atom. The fourth-order valence-corrected chi connectivity index (χ4v) is 2.36. The molecule has 0 aromatic carbocycles. The minimum Gasteiger partial charge on any atom is -0.498 e. The highest BCUT2D eigenvalue weighted by Crippen LogP contribution is 2.27. The van der Waals surface area contributed by atoms with Crippen LogP contribution in [0.25, 0.3) is 11.2 Å². The molecule has 0 spiro atoms. The van der Waals surface area contributed by atoms with Crippen LogP contribution in [0.5, 0.6) is 0 Å². The van der Waals surface area contributed by atoms with Crippen LogP contribution in [0.15, 0.2) is 42.4 Å². The number of nitrogens with zero attached hydrogens (tertiary/aromatic N) is 2. The second-order valence-electron chi connectivity index (χ2n) is 5.07. The van der Waals surface area contributed by atoms with Gasteiger partial charge in [-0.15, -0.1) is 0 Å². The Morgan fingerprint density at radius 2 is 2.24 bits per heavy atom. The maximum Gasteiger partial charge on any atom is 0.139 e. The predicted octanol–water partition coefficient (Wildman–Crippen LogP) is 3.35. The third-order valence-corrected chi connectivity index (χ3v) is 3.49. The van der Waals surface area contributed by atoms with Crippen molar-refractivity contribution in [2.45, 2.75) is 19.3 Å². The zero-order chi connectivity index (χ0) is 14.7. The highest BCUT2D eigenvalue weighted by molar-refractivity contribution is 5.68. The molecule has 1 aliphatic carbocycles. The SMILES string of the molecule is Nc1ccn2cc(C3=CC=C(OCCCF)CC3)nc2c1. The van der Waals surface area contributed by atoms with Gasteiger partial charge in [-0.25, -0.2) is 4.98 Å². The zero-order valence-electron chi connectivity index (χ0n) is 11.8. The van der Waals surface area contributed by atoms with E-state index in [0.29, 0.717) is 18.7 Å². The van der Waals surface area contributed by atoms with Crippen LogP contribution in [-0.2, 0) is 4.74 Å². The van der Waals surface area contributed by atoms with E-state index in [1.165, 1.54) is 5.57 Å². The average Bonchev–Trinajstić information content (AvgIpc) is 2.91. The van der Waals surface area contributed by atoms with Crippen molar-refractivity contribution in [3.8, 4) is 0 Å². The van der Waals surface area contributed by atoms with Crippen LogP contribution in [0.1, 0.15) is 25.0 Å². The van der Waals surface area contributed by atoms with Crippen molar-refractivity contribution < 1.29 is 9.13 Å². The van der Waals surface area contributed by atoms with E-state index in [1.54, 1.807) is 0 Å². The Kier molecular flexibility index (Phi) is 3.90. The Balaban J connectivity index is 1.77. The standard InChI is InChI=1S/C16H18FN3O/c17-7-1-9-21-14-4-2-12(3-5-14)15-11-20-8-6-13(18)10-16(20)19-15/h2,4,6,8,10-11H,1,3,5,7,9,18H2. The van der Waals surface area contributed by atoms with E-state index in [2.05, 4.69) is 4.98 Å². The maximum atomic E-state index is 12.0. The van der Waals surface area contributed by atoms with Crippen LogP contribution < -0.4 is 5.73 Å². The molecule has 1 aliphatic rings. The van der Waals surface area contributed by atoms with E-state index >= 15 is 0 Å². The van der Waals surface area contributed by atoms with E-state index in [1.807, 2.05) is 41.1 Å². The summed E-state index contributed by atoms with van der Waals surface area (Å²) in [6.45, 7) is 0.109. The normalized spacial score (nSPS) is 14.9. The molecular formula is C16H18FN3O. The van der Waals surface area contributed by atoms with Crippen LogP contribution in [0.3, 0.4) is 0 Å². The van der Waals surface area contributed by atoms with Crippen molar-refractivity contribution in [1.29, 1.82) is 0 Å². The van der Waals surface area contributed by atoms with E-state index in [0.717, 1.165) is 29.9 Å². The van der Waals surface area contributed by atoms with Gasteiger partial charge >= 0.3 is 0 Å². The number of imidazole rings is 1. The summed E-state index contributed by atoms with van der Waals surface area (Å²) in [4.78, 5) is 4.59. The predicted molar refractivity (Wildman–Crippen MR) is 81.4 cm³/mol. The number of halogens is 1. The number of rotatable bonds is 5. The van der Waals surface area contributed by atoms with Gasteiger partial charge in [0.25, 0.3) is 0 Å². The number of allylic oxidation sites excluding steroid dienone is 4. The van der Waals surface area contributed by atoms with Gasteiger partial charge < -0.3 is 14.9 Å². The third kappa shape index (κ3) is 3.07. The molecule has 0 saturated heterocycles. The number of alkyl halides is 1. The molecule has 0 amide bonds. The summed E-state index contributed by atoms with van der Waals surface area (Å²) in [5.74, 6) is 0.917. The molecule has 21 heavy (non-hydrogen) atoms. The lowest BCUT2D eigenvalue weighted by molar-refractivity contribution is 0.190. The van der Waals surface area contributed by atoms with Gasteiger partial charge in [0.2, 0.25) is 0 Å². The summed E-state index contributed by atoms with van der Waals surface area (Å²) >= 11 is 0. The fraction of sp³-hybridized carbons (Fsp3) is 0.312. The summed E-state index contributed by atoms with van der Waals surface area (Å²) in [6.07, 6.45) is 10.0. The molecular weight excluding hydrogens is 269 g/mol. The second-order valence-corrected chi connectivity index (χ2v) is 5.07. The molecule has 0 atom stereocenters.